The molecular weight excluding hydrogens is 355 g/mol. The van der Waals surface area contributed by atoms with Gasteiger partial charge in [-0.2, -0.15) is 0 Å². The molecule has 3 nitrogen and oxygen atoms in total. The van der Waals surface area contributed by atoms with E-state index in [0.29, 0.717) is 23.1 Å². The molecule has 0 unspecified atom stereocenters. The van der Waals surface area contributed by atoms with Crippen LogP contribution in [-0.4, -0.2) is 4.98 Å². The number of pyridine rings is 1. The zero-order chi connectivity index (χ0) is 15.4. The second-order valence-electron chi connectivity index (χ2n) is 4.85. The molecule has 0 aliphatic carbocycles. The summed E-state index contributed by atoms with van der Waals surface area (Å²) < 4.78 is 5.82. The van der Waals surface area contributed by atoms with Crippen LogP contribution in [0, 0.1) is 0 Å². The van der Waals surface area contributed by atoms with Crippen molar-refractivity contribution < 1.29 is 16.8 Å². The minimum atomic E-state index is 0. The number of benzene rings is 1. The van der Waals surface area contributed by atoms with Crippen molar-refractivity contribution in [3.8, 4) is 11.3 Å². The van der Waals surface area contributed by atoms with E-state index in [4.69, 9.17) is 27.6 Å². The smallest absolute Gasteiger partial charge is 0.134 e. The Morgan fingerprint density at radius 1 is 0.957 bits per heavy atom. The van der Waals surface area contributed by atoms with Crippen LogP contribution in [0.1, 0.15) is 11.5 Å². The van der Waals surface area contributed by atoms with Gasteiger partial charge < -0.3 is 22.1 Å². The van der Waals surface area contributed by atoms with Crippen LogP contribution in [0.5, 0.6) is 0 Å². The lowest BCUT2D eigenvalue weighted by atomic mass is 10.2. The first-order valence-electron chi connectivity index (χ1n) is 6.86. The van der Waals surface area contributed by atoms with Crippen molar-refractivity contribution in [3.63, 3.8) is 0 Å². The zero-order valence-electron chi connectivity index (χ0n) is 12.1. The molecule has 6 heteroatoms. The van der Waals surface area contributed by atoms with E-state index in [-0.39, 0.29) is 12.4 Å². The molecule has 0 radical (unpaired) electrons. The van der Waals surface area contributed by atoms with Crippen molar-refractivity contribution in [2.45, 2.75) is 13.1 Å². The Balaban J connectivity index is 0.00000192. The number of hydrogen-bond donors (Lipinski definition) is 1. The van der Waals surface area contributed by atoms with E-state index in [9.17, 15) is 0 Å². The molecule has 3 rings (SSSR count). The van der Waals surface area contributed by atoms with Gasteiger partial charge >= 0.3 is 0 Å². The standard InChI is InChI=1S/C17H14Cl2N2O.ClH/c18-13-7-12(8-14(19)9-13)17-5-4-16(22-17)11-20-10-15-3-1-2-6-21-15;/h1-9,20H,10-11H2;1H/p-1. The fraction of sp³-hybridized carbons (Fsp3) is 0.118. The minimum Gasteiger partial charge on any atom is -1.00 e. The number of halogens is 3. The van der Waals surface area contributed by atoms with Gasteiger partial charge in [-0.25, -0.2) is 0 Å². The fourth-order valence-electron chi connectivity index (χ4n) is 2.14. The van der Waals surface area contributed by atoms with Crippen molar-refractivity contribution in [1.29, 1.82) is 0 Å². The first-order chi connectivity index (χ1) is 10.7. The third-order valence-electron chi connectivity index (χ3n) is 3.14. The monoisotopic (exact) mass is 367 g/mol. The molecule has 0 saturated heterocycles. The van der Waals surface area contributed by atoms with Gasteiger partial charge in [-0.3, -0.25) is 4.98 Å². The lowest BCUT2D eigenvalue weighted by molar-refractivity contribution is -0.00000489. The van der Waals surface area contributed by atoms with Crippen LogP contribution in [0.4, 0.5) is 0 Å². The maximum Gasteiger partial charge on any atom is 0.134 e. The molecule has 0 spiro atoms. The van der Waals surface area contributed by atoms with Gasteiger partial charge in [0.05, 0.1) is 12.2 Å². The molecule has 23 heavy (non-hydrogen) atoms. The number of hydrogen-bond acceptors (Lipinski definition) is 3. The molecule has 0 saturated carbocycles. The fourth-order valence-corrected chi connectivity index (χ4v) is 2.67. The normalized spacial score (nSPS) is 10.3. The van der Waals surface area contributed by atoms with Gasteiger partial charge in [-0.05, 0) is 42.5 Å². The molecular formula is C17H14Cl3N2O-. The number of nitrogens with one attached hydrogen (secondary N) is 1. The predicted octanol–water partition coefficient (Wildman–Crippen LogP) is 1.94. The van der Waals surface area contributed by atoms with E-state index in [2.05, 4.69) is 10.3 Å². The van der Waals surface area contributed by atoms with Crippen LogP contribution in [0.2, 0.25) is 10.0 Å². The van der Waals surface area contributed by atoms with Gasteiger partial charge in [-0.15, -0.1) is 0 Å². The maximum atomic E-state index is 6.01. The Morgan fingerprint density at radius 2 is 1.74 bits per heavy atom. The van der Waals surface area contributed by atoms with Crippen LogP contribution in [0.25, 0.3) is 11.3 Å². The molecule has 0 aliphatic heterocycles. The van der Waals surface area contributed by atoms with Crippen molar-refractivity contribution in [1.82, 2.24) is 10.3 Å². The molecule has 0 atom stereocenters. The molecule has 3 aromatic rings. The summed E-state index contributed by atoms with van der Waals surface area (Å²) in [5.74, 6) is 1.60. The SMILES string of the molecule is Clc1cc(Cl)cc(-c2ccc(CNCc3ccccn3)o2)c1.[Cl-]. The average Bonchev–Trinajstić information content (AvgIpc) is 2.96. The van der Waals surface area contributed by atoms with E-state index in [1.165, 1.54) is 0 Å². The lowest BCUT2D eigenvalue weighted by Gasteiger charge is -2.02. The molecule has 0 amide bonds. The van der Waals surface area contributed by atoms with Crippen molar-refractivity contribution in [2.24, 2.45) is 0 Å². The van der Waals surface area contributed by atoms with Crippen LogP contribution in [-0.2, 0) is 13.1 Å². The molecule has 0 bridgehead atoms. The third-order valence-corrected chi connectivity index (χ3v) is 3.58. The Kier molecular flexibility index (Phi) is 6.48. The number of furan rings is 1. The highest BCUT2D eigenvalue weighted by molar-refractivity contribution is 6.35. The Morgan fingerprint density at radius 3 is 2.43 bits per heavy atom. The van der Waals surface area contributed by atoms with Crippen molar-refractivity contribution >= 4 is 23.2 Å². The second kappa shape index (κ2) is 8.37. The highest BCUT2D eigenvalue weighted by Gasteiger charge is 2.07. The number of rotatable bonds is 5. The molecule has 1 N–H and O–H groups in total. The van der Waals surface area contributed by atoms with Crippen molar-refractivity contribution in [3.05, 3.63) is 76.2 Å². The second-order valence-corrected chi connectivity index (χ2v) is 5.72. The minimum absolute atomic E-state index is 0. The Hall–Kier alpha value is -1.52. The van der Waals surface area contributed by atoms with Gasteiger partial charge in [0, 0.05) is 28.4 Å². The maximum absolute atomic E-state index is 6.01. The van der Waals surface area contributed by atoms with E-state index < -0.39 is 0 Å². The summed E-state index contributed by atoms with van der Waals surface area (Å²) in [6.07, 6.45) is 1.78. The summed E-state index contributed by atoms with van der Waals surface area (Å²) in [6, 6.07) is 15.1. The third kappa shape index (κ3) is 4.98. The highest BCUT2D eigenvalue weighted by atomic mass is 35.5. The van der Waals surface area contributed by atoms with Crippen LogP contribution in [0.15, 0.2) is 59.1 Å². The quantitative estimate of drug-likeness (QED) is 0.748. The topological polar surface area (TPSA) is 38.1 Å². The summed E-state index contributed by atoms with van der Waals surface area (Å²) in [5.41, 5.74) is 1.87. The lowest BCUT2D eigenvalue weighted by Crippen LogP contribution is -3.00. The highest BCUT2D eigenvalue weighted by Crippen LogP contribution is 2.28. The first kappa shape index (κ1) is 17.8. The average molecular weight is 369 g/mol. The summed E-state index contributed by atoms with van der Waals surface area (Å²) >= 11 is 12.0. The Bertz CT molecular complexity index is 739. The van der Waals surface area contributed by atoms with E-state index >= 15 is 0 Å². The van der Waals surface area contributed by atoms with Gasteiger partial charge in [0.2, 0.25) is 0 Å². The zero-order valence-corrected chi connectivity index (χ0v) is 14.4. The predicted molar refractivity (Wildman–Crippen MR) is 88.9 cm³/mol. The molecule has 2 aromatic heterocycles. The van der Waals surface area contributed by atoms with Gasteiger partial charge in [-0.1, -0.05) is 29.3 Å². The van der Waals surface area contributed by atoms with E-state index in [1.54, 1.807) is 12.3 Å². The van der Waals surface area contributed by atoms with Crippen LogP contribution in [0.3, 0.4) is 0 Å². The van der Waals surface area contributed by atoms with Crippen LogP contribution >= 0.6 is 23.2 Å². The largest absolute Gasteiger partial charge is 1.00 e. The molecule has 0 fully saturated rings. The van der Waals surface area contributed by atoms with Gasteiger partial charge in [0.1, 0.15) is 11.5 Å². The van der Waals surface area contributed by atoms with E-state index in [0.717, 1.165) is 22.8 Å². The summed E-state index contributed by atoms with van der Waals surface area (Å²) in [7, 11) is 0. The number of nitrogens with zero attached hydrogens (tertiary/aromatic N) is 1. The molecule has 120 valence electrons. The summed E-state index contributed by atoms with van der Waals surface area (Å²) in [4.78, 5) is 4.26. The van der Waals surface area contributed by atoms with Gasteiger partial charge in [0.25, 0.3) is 0 Å². The summed E-state index contributed by atoms with van der Waals surface area (Å²) in [6.45, 7) is 1.32. The van der Waals surface area contributed by atoms with Crippen molar-refractivity contribution in [2.75, 3.05) is 0 Å². The molecule has 2 heterocycles. The Labute approximate surface area is 151 Å². The number of aromatic nitrogens is 1. The summed E-state index contributed by atoms with van der Waals surface area (Å²) in [5, 5.41) is 4.48. The first-order valence-corrected chi connectivity index (χ1v) is 7.62. The molecule has 0 aliphatic rings. The van der Waals surface area contributed by atoms with Crippen LogP contribution < -0.4 is 17.7 Å². The molecule has 1 aromatic carbocycles. The van der Waals surface area contributed by atoms with E-state index in [1.807, 2.05) is 42.5 Å². The van der Waals surface area contributed by atoms with Gasteiger partial charge in [0.15, 0.2) is 0 Å².